The van der Waals surface area contributed by atoms with Crippen LogP contribution in [0.4, 0.5) is 0 Å². The standard InChI is InChI=1S/C16H20N2O5S/c1-10(19)13-2-3-14(24-13)16(22)18-5-11-4-17(7-15(20)21)6-12(18)9-23-8-11/h2-3,11-12H,4-9H2,1H3,(H,20,21)/t11-,12-/m0/s1. The fourth-order valence-corrected chi connectivity index (χ4v) is 4.15. The lowest BCUT2D eigenvalue weighted by molar-refractivity contribution is -0.138. The van der Waals surface area contributed by atoms with Crippen LogP contribution in [0.2, 0.25) is 0 Å². The first-order valence-electron chi connectivity index (χ1n) is 7.87. The fraction of sp³-hybridized carbons (Fsp3) is 0.562. The minimum absolute atomic E-state index is 0.0253. The second-order valence-electron chi connectivity index (χ2n) is 6.32. The molecule has 3 heterocycles. The first-order chi connectivity index (χ1) is 11.4. The van der Waals surface area contributed by atoms with Crippen LogP contribution in [-0.4, -0.2) is 78.0 Å². The zero-order valence-electron chi connectivity index (χ0n) is 13.4. The summed E-state index contributed by atoms with van der Waals surface area (Å²) in [6.45, 7) is 4.03. The first-order valence-corrected chi connectivity index (χ1v) is 8.69. The van der Waals surface area contributed by atoms with Gasteiger partial charge in [-0.15, -0.1) is 11.3 Å². The highest BCUT2D eigenvalue weighted by atomic mass is 32.1. The van der Waals surface area contributed by atoms with Crippen LogP contribution >= 0.6 is 11.3 Å². The zero-order chi connectivity index (χ0) is 17.3. The number of fused-ring (bicyclic) bond motifs is 3. The highest BCUT2D eigenvalue weighted by Crippen LogP contribution is 2.25. The normalized spacial score (nSPS) is 24.5. The molecule has 0 aromatic carbocycles. The quantitative estimate of drug-likeness (QED) is 0.807. The van der Waals surface area contributed by atoms with Crippen LogP contribution in [-0.2, 0) is 9.53 Å². The van der Waals surface area contributed by atoms with Gasteiger partial charge in [0.15, 0.2) is 5.78 Å². The van der Waals surface area contributed by atoms with Crippen molar-refractivity contribution < 1.29 is 24.2 Å². The van der Waals surface area contributed by atoms with Gasteiger partial charge in [-0.2, -0.15) is 0 Å². The number of thiophene rings is 1. The molecule has 0 radical (unpaired) electrons. The largest absolute Gasteiger partial charge is 0.480 e. The van der Waals surface area contributed by atoms with Crippen LogP contribution in [0.1, 0.15) is 26.3 Å². The number of hydrogen-bond acceptors (Lipinski definition) is 6. The van der Waals surface area contributed by atoms with Crippen molar-refractivity contribution in [1.82, 2.24) is 9.80 Å². The number of ketones is 1. The number of aliphatic carboxylic acids is 1. The molecule has 1 N–H and O–H groups in total. The third-order valence-electron chi connectivity index (χ3n) is 4.33. The Morgan fingerprint density at radius 2 is 1.96 bits per heavy atom. The number of carboxylic acid groups (broad SMARTS) is 1. The Morgan fingerprint density at radius 3 is 2.62 bits per heavy atom. The molecule has 0 saturated carbocycles. The fourth-order valence-electron chi connectivity index (χ4n) is 3.29. The molecule has 24 heavy (non-hydrogen) atoms. The Bertz CT molecular complexity index is 659. The van der Waals surface area contributed by atoms with Crippen molar-refractivity contribution in [3.05, 3.63) is 21.9 Å². The molecule has 7 nitrogen and oxygen atoms in total. The number of ether oxygens (including phenoxy) is 1. The van der Waals surface area contributed by atoms with E-state index in [-0.39, 0.29) is 30.2 Å². The number of Topliss-reactive ketones (excluding diaryl/α,β-unsaturated/α-hetero) is 1. The molecule has 1 amide bonds. The van der Waals surface area contributed by atoms with Gasteiger partial charge in [-0.25, -0.2) is 0 Å². The van der Waals surface area contributed by atoms with Crippen LogP contribution in [0.25, 0.3) is 0 Å². The molecule has 8 heteroatoms. The summed E-state index contributed by atoms with van der Waals surface area (Å²) in [4.78, 5) is 40.1. The van der Waals surface area contributed by atoms with Gasteiger partial charge < -0.3 is 14.7 Å². The van der Waals surface area contributed by atoms with Crippen molar-refractivity contribution in [3.63, 3.8) is 0 Å². The van der Waals surface area contributed by atoms with E-state index in [1.54, 1.807) is 17.0 Å². The van der Waals surface area contributed by atoms with E-state index in [0.717, 1.165) is 0 Å². The number of carboxylic acids is 1. The molecule has 2 bridgehead atoms. The van der Waals surface area contributed by atoms with E-state index in [0.29, 0.717) is 42.6 Å². The minimum Gasteiger partial charge on any atom is -0.480 e. The molecule has 3 rings (SSSR count). The predicted molar refractivity (Wildman–Crippen MR) is 87.5 cm³/mol. The summed E-state index contributed by atoms with van der Waals surface area (Å²) in [6.07, 6.45) is 0. The van der Waals surface area contributed by atoms with Gasteiger partial charge in [-0.1, -0.05) is 0 Å². The maximum atomic E-state index is 12.9. The summed E-state index contributed by atoms with van der Waals surface area (Å²) >= 11 is 1.21. The molecule has 1 aromatic heterocycles. The van der Waals surface area contributed by atoms with Crippen LogP contribution in [0, 0.1) is 5.92 Å². The molecule has 2 atom stereocenters. The minimum atomic E-state index is -0.863. The smallest absolute Gasteiger partial charge is 0.317 e. The van der Waals surface area contributed by atoms with E-state index in [1.807, 2.05) is 4.90 Å². The molecular formula is C16H20N2O5S. The Morgan fingerprint density at radius 1 is 1.21 bits per heavy atom. The Labute approximate surface area is 143 Å². The topological polar surface area (TPSA) is 87.2 Å². The molecule has 0 aliphatic carbocycles. The summed E-state index contributed by atoms with van der Waals surface area (Å²) in [7, 11) is 0. The summed E-state index contributed by atoms with van der Waals surface area (Å²) in [6, 6.07) is 3.19. The van der Waals surface area contributed by atoms with Gasteiger partial charge in [0.25, 0.3) is 5.91 Å². The van der Waals surface area contributed by atoms with Gasteiger partial charge in [0.1, 0.15) is 0 Å². The van der Waals surface area contributed by atoms with Gasteiger partial charge in [-0.3, -0.25) is 19.3 Å². The van der Waals surface area contributed by atoms with Crippen molar-refractivity contribution in [2.24, 2.45) is 5.92 Å². The molecule has 1 aromatic rings. The van der Waals surface area contributed by atoms with E-state index in [4.69, 9.17) is 9.84 Å². The van der Waals surface area contributed by atoms with Gasteiger partial charge in [0, 0.05) is 25.6 Å². The summed E-state index contributed by atoms with van der Waals surface area (Å²) < 4.78 is 5.66. The summed E-state index contributed by atoms with van der Waals surface area (Å²) in [5.74, 6) is -0.930. The van der Waals surface area contributed by atoms with Crippen LogP contribution in [0.15, 0.2) is 12.1 Å². The third-order valence-corrected chi connectivity index (χ3v) is 5.50. The van der Waals surface area contributed by atoms with Gasteiger partial charge >= 0.3 is 5.97 Å². The number of amides is 1. The maximum absolute atomic E-state index is 12.9. The van der Waals surface area contributed by atoms with Crippen molar-refractivity contribution in [1.29, 1.82) is 0 Å². The van der Waals surface area contributed by atoms with Gasteiger partial charge in [0.2, 0.25) is 0 Å². The van der Waals surface area contributed by atoms with E-state index in [2.05, 4.69) is 0 Å². The van der Waals surface area contributed by atoms with Crippen LogP contribution in [0.5, 0.6) is 0 Å². The van der Waals surface area contributed by atoms with Crippen molar-refractivity contribution in [3.8, 4) is 0 Å². The Kier molecular flexibility index (Phi) is 4.98. The molecule has 130 valence electrons. The first kappa shape index (κ1) is 17.1. The van der Waals surface area contributed by atoms with E-state index in [1.165, 1.54) is 18.3 Å². The molecule has 2 aliphatic heterocycles. The van der Waals surface area contributed by atoms with Crippen molar-refractivity contribution in [2.45, 2.75) is 13.0 Å². The molecule has 2 aliphatic rings. The average Bonchev–Trinajstić information content (AvgIpc) is 2.82. The predicted octanol–water partition coefficient (Wildman–Crippen LogP) is 0.808. The highest BCUT2D eigenvalue weighted by Gasteiger charge is 2.37. The second-order valence-corrected chi connectivity index (χ2v) is 7.41. The lowest BCUT2D eigenvalue weighted by atomic mass is 10.1. The summed E-state index contributed by atoms with van der Waals surface area (Å²) in [5, 5.41) is 9.04. The number of nitrogens with zero attached hydrogens (tertiary/aromatic N) is 2. The highest BCUT2D eigenvalue weighted by molar-refractivity contribution is 7.15. The van der Waals surface area contributed by atoms with Crippen molar-refractivity contribution in [2.75, 3.05) is 39.4 Å². The molecule has 2 saturated heterocycles. The van der Waals surface area contributed by atoms with E-state index < -0.39 is 5.97 Å². The maximum Gasteiger partial charge on any atom is 0.317 e. The average molecular weight is 352 g/mol. The third kappa shape index (κ3) is 3.66. The molecule has 0 unspecified atom stereocenters. The monoisotopic (exact) mass is 352 g/mol. The lowest BCUT2D eigenvalue weighted by Gasteiger charge is -2.30. The van der Waals surface area contributed by atoms with Crippen LogP contribution < -0.4 is 0 Å². The van der Waals surface area contributed by atoms with E-state index in [9.17, 15) is 14.4 Å². The number of hydrogen-bond donors (Lipinski definition) is 1. The molecule has 0 spiro atoms. The molecular weight excluding hydrogens is 332 g/mol. The van der Waals surface area contributed by atoms with E-state index >= 15 is 0 Å². The molecule has 2 fully saturated rings. The second kappa shape index (κ2) is 7.00. The van der Waals surface area contributed by atoms with Crippen LogP contribution in [0.3, 0.4) is 0 Å². The lowest BCUT2D eigenvalue weighted by Crippen LogP contribution is -2.47. The SMILES string of the molecule is CC(=O)c1ccc(C(=O)N2C[C@H]3COC[C@@H]2CN(CC(=O)O)C3)s1. The Hall–Kier alpha value is -1.77. The number of carbonyl (C=O) groups is 3. The number of rotatable bonds is 4. The number of carbonyl (C=O) groups excluding carboxylic acids is 2. The Balaban J connectivity index is 1.80. The zero-order valence-corrected chi connectivity index (χ0v) is 14.3. The van der Waals surface area contributed by atoms with Gasteiger partial charge in [0.05, 0.1) is 35.6 Å². The van der Waals surface area contributed by atoms with Crippen molar-refractivity contribution >= 4 is 29.0 Å². The summed E-state index contributed by atoms with van der Waals surface area (Å²) in [5.41, 5.74) is 0. The van der Waals surface area contributed by atoms with Gasteiger partial charge in [-0.05, 0) is 19.1 Å².